The highest BCUT2D eigenvalue weighted by molar-refractivity contribution is 6.74. The molecule has 0 spiro atoms. The van der Waals surface area contributed by atoms with Crippen LogP contribution in [0, 0.1) is 0 Å². The van der Waals surface area contributed by atoms with Crippen LogP contribution < -0.4 is 0 Å². The van der Waals surface area contributed by atoms with Gasteiger partial charge in [-0.15, -0.1) is 0 Å². The van der Waals surface area contributed by atoms with Gasteiger partial charge in [0, 0.05) is 0 Å². The lowest BCUT2D eigenvalue weighted by Crippen LogP contribution is -2.53. The first-order chi connectivity index (χ1) is 10.6. The SMILES string of the molecule is CC1=CC(CO[Si](C)(C)C(C)(C)C)N(C(=O)OC(C)(C)C)CC1O. The average Bonchev–Trinajstić information content (AvgIpc) is 2.36. The van der Waals surface area contributed by atoms with Gasteiger partial charge >= 0.3 is 6.09 Å². The maximum absolute atomic E-state index is 12.5. The largest absolute Gasteiger partial charge is 0.444 e. The first-order valence-corrected chi connectivity index (χ1v) is 11.5. The Bertz CT molecular complexity index is 488. The Kier molecular flexibility index (Phi) is 6.34. The van der Waals surface area contributed by atoms with E-state index < -0.39 is 26.1 Å². The maximum Gasteiger partial charge on any atom is 0.410 e. The van der Waals surface area contributed by atoms with Crippen molar-refractivity contribution in [3.05, 3.63) is 11.6 Å². The average molecular weight is 358 g/mol. The summed E-state index contributed by atoms with van der Waals surface area (Å²) in [6, 6.07) is -0.211. The number of hydrogen-bond donors (Lipinski definition) is 1. The molecular formula is C18H35NO4Si. The van der Waals surface area contributed by atoms with Crippen LogP contribution >= 0.6 is 0 Å². The molecule has 0 radical (unpaired) electrons. The lowest BCUT2D eigenvalue weighted by Gasteiger charge is -2.41. The fraction of sp³-hybridized carbons (Fsp3) is 0.833. The second kappa shape index (κ2) is 7.18. The van der Waals surface area contributed by atoms with E-state index in [2.05, 4.69) is 33.9 Å². The summed E-state index contributed by atoms with van der Waals surface area (Å²) in [6.07, 6.45) is 0.862. The van der Waals surface area contributed by atoms with Gasteiger partial charge in [-0.05, 0) is 51.4 Å². The number of hydrogen-bond acceptors (Lipinski definition) is 4. The van der Waals surface area contributed by atoms with E-state index in [1.165, 1.54) is 0 Å². The Balaban J connectivity index is 2.92. The van der Waals surface area contributed by atoms with E-state index in [1.54, 1.807) is 4.90 Å². The normalized spacial score (nSPS) is 23.1. The van der Waals surface area contributed by atoms with Crippen molar-refractivity contribution in [2.75, 3.05) is 13.2 Å². The van der Waals surface area contributed by atoms with Gasteiger partial charge in [-0.25, -0.2) is 4.79 Å². The van der Waals surface area contributed by atoms with E-state index >= 15 is 0 Å². The standard InChI is InChI=1S/C18H35NO4Si/c1-13-10-14(12-22-24(8,9)18(5,6)7)19(11-15(13)20)16(21)23-17(2,3)4/h10,14-15,20H,11-12H2,1-9H3. The van der Waals surface area contributed by atoms with E-state index in [4.69, 9.17) is 9.16 Å². The molecule has 1 amide bonds. The summed E-state index contributed by atoms with van der Waals surface area (Å²) in [5, 5.41) is 10.2. The second-order valence-electron chi connectivity index (χ2n) is 9.20. The van der Waals surface area contributed by atoms with Gasteiger partial charge in [-0.2, -0.15) is 0 Å². The number of β-amino-alcohol motifs (C(OH)–C–C–N with tert-alkyl or cyclic N) is 1. The summed E-state index contributed by atoms with van der Waals surface area (Å²) in [4.78, 5) is 14.1. The van der Waals surface area contributed by atoms with E-state index in [-0.39, 0.29) is 17.6 Å². The molecule has 1 aliphatic rings. The molecule has 6 heteroatoms. The first-order valence-electron chi connectivity index (χ1n) is 8.64. The van der Waals surface area contributed by atoms with Crippen molar-refractivity contribution >= 4 is 14.4 Å². The topological polar surface area (TPSA) is 59.0 Å². The van der Waals surface area contributed by atoms with Gasteiger partial charge in [-0.1, -0.05) is 26.8 Å². The molecule has 2 atom stereocenters. The molecule has 0 aromatic heterocycles. The van der Waals surface area contributed by atoms with Gasteiger partial charge in [0.25, 0.3) is 0 Å². The summed E-state index contributed by atoms with van der Waals surface area (Å²) in [6.45, 7) is 19.0. The zero-order valence-electron chi connectivity index (χ0n) is 16.8. The lowest BCUT2D eigenvalue weighted by molar-refractivity contribution is 0.00283. The number of rotatable bonds is 3. The molecule has 0 bridgehead atoms. The number of nitrogens with zero attached hydrogens (tertiary/aromatic N) is 1. The summed E-state index contributed by atoms with van der Waals surface area (Å²) in [5.41, 5.74) is 0.307. The van der Waals surface area contributed by atoms with Gasteiger partial charge in [0.2, 0.25) is 0 Å². The molecule has 2 unspecified atom stereocenters. The predicted octanol–water partition coefficient (Wildman–Crippen LogP) is 3.93. The Hall–Kier alpha value is -0.853. The van der Waals surface area contributed by atoms with Gasteiger partial charge in [0.15, 0.2) is 8.32 Å². The van der Waals surface area contributed by atoms with Crippen molar-refractivity contribution in [2.45, 2.75) is 84.3 Å². The zero-order chi connectivity index (χ0) is 18.9. The van der Waals surface area contributed by atoms with Crippen molar-refractivity contribution in [2.24, 2.45) is 0 Å². The molecule has 0 aliphatic carbocycles. The highest BCUT2D eigenvalue weighted by Crippen LogP contribution is 2.37. The minimum Gasteiger partial charge on any atom is -0.444 e. The zero-order valence-corrected chi connectivity index (χ0v) is 17.8. The van der Waals surface area contributed by atoms with E-state index in [0.29, 0.717) is 6.61 Å². The monoisotopic (exact) mass is 357 g/mol. The lowest BCUT2D eigenvalue weighted by atomic mass is 10.0. The minimum absolute atomic E-state index is 0.108. The highest BCUT2D eigenvalue weighted by Gasteiger charge is 2.39. The van der Waals surface area contributed by atoms with Crippen LogP contribution in [0.1, 0.15) is 48.5 Å². The number of aliphatic hydroxyl groups is 1. The van der Waals surface area contributed by atoms with Crippen LogP contribution in [0.5, 0.6) is 0 Å². The molecule has 24 heavy (non-hydrogen) atoms. The van der Waals surface area contributed by atoms with Gasteiger partial charge < -0.3 is 14.3 Å². The first kappa shape index (κ1) is 21.2. The third-order valence-corrected chi connectivity index (χ3v) is 9.30. The molecule has 1 heterocycles. The number of aliphatic hydroxyl groups excluding tert-OH is 1. The van der Waals surface area contributed by atoms with Crippen LogP contribution in [0.15, 0.2) is 11.6 Å². The fourth-order valence-electron chi connectivity index (χ4n) is 2.15. The number of amides is 1. The van der Waals surface area contributed by atoms with Crippen LogP contribution in [0.4, 0.5) is 4.79 Å². The Morgan fingerprint density at radius 1 is 1.29 bits per heavy atom. The van der Waals surface area contributed by atoms with E-state index in [9.17, 15) is 9.90 Å². The molecule has 140 valence electrons. The summed E-state index contributed by atoms with van der Waals surface area (Å²) in [7, 11) is -1.91. The summed E-state index contributed by atoms with van der Waals surface area (Å²) >= 11 is 0. The number of carbonyl (C=O) groups excluding carboxylic acids is 1. The molecule has 1 N–H and O–H groups in total. The van der Waals surface area contributed by atoms with Crippen molar-refractivity contribution in [3.8, 4) is 0 Å². The van der Waals surface area contributed by atoms with Crippen molar-refractivity contribution in [1.29, 1.82) is 0 Å². The fourth-order valence-corrected chi connectivity index (χ4v) is 3.17. The van der Waals surface area contributed by atoms with Gasteiger partial charge in [0.1, 0.15) is 5.60 Å². The summed E-state index contributed by atoms with van der Waals surface area (Å²) in [5.74, 6) is 0. The highest BCUT2D eigenvalue weighted by atomic mass is 28.4. The molecule has 0 saturated heterocycles. The molecular weight excluding hydrogens is 322 g/mol. The molecule has 0 aromatic rings. The smallest absolute Gasteiger partial charge is 0.410 e. The quantitative estimate of drug-likeness (QED) is 0.614. The molecule has 0 saturated carbocycles. The number of carbonyl (C=O) groups is 1. The Labute approximate surface area is 148 Å². The van der Waals surface area contributed by atoms with Gasteiger partial charge in [0.05, 0.1) is 25.3 Å². The molecule has 1 rings (SSSR count). The maximum atomic E-state index is 12.5. The van der Waals surface area contributed by atoms with Gasteiger partial charge in [-0.3, -0.25) is 4.90 Å². The molecule has 5 nitrogen and oxygen atoms in total. The third kappa shape index (κ3) is 5.60. The van der Waals surface area contributed by atoms with Crippen LogP contribution in [0.3, 0.4) is 0 Å². The minimum atomic E-state index is -1.91. The Morgan fingerprint density at radius 2 is 1.83 bits per heavy atom. The molecule has 0 aromatic carbocycles. The van der Waals surface area contributed by atoms with Crippen LogP contribution in [0.25, 0.3) is 0 Å². The second-order valence-corrected chi connectivity index (χ2v) is 14.0. The number of ether oxygens (including phenoxy) is 1. The van der Waals surface area contributed by atoms with Crippen molar-refractivity contribution in [3.63, 3.8) is 0 Å². The van der Waals surface area contributed by atoms with Crippen LogP contribution in [-0.2, 0) is 9.16 Å². The van der Waals surface area contributed by atoms with Crippen LogP contribution in [0.2, 0.25) is 18.1 Å². The van der Waals surface area contributed by atoms with E-state index in [0.717, 1.165) is 5.57 Å². The molecule has 0 fully saturated rings. The van der Waals surface area contributed by atoms with Crippen molar-refractivity contribution in [1.82, 2.24) is 4.90 Å². The third-order valence-electron chi connectivity index (χ3n) is 4.80. The van der Waals surface area contributed by atoms with Crippen LogP contribution in [-0.4, -0.2) is 55.3 Å². The van der Waals surface area contributed by atoms with Crippen molar-refractivity contribution < 1.29 is 19.1 Å². The predicted molar refractivity (Wildman–Crippen MR) is 99.6 cm³/mol. The summed E-state index contributed by atoms with van der Waals surface area (Å²) < 4.78 is 11.8. The molecule has 1 aliphatic heterocycles. The van der Waals surface area contributed by atoms with E-state index in [1.807, 2.05) is 33.8 Å². The Morgan fingerprint density at radius 3 is 2.29 bits per heavy atom.